The van der Waals surface area contributed by atoms with Crippen LogP contribution in [0.25, 0.3) is 0 Å². The smallest absolute Gasteiger partial charge is 0.0504 e. The molecule has 0 aliphatic rings. The normalized spacial score (nSPS) is 14.0. The van der Waals surface area contributed by atoms with Crippen LogP contribution in [0.1, 0.15) is 43.5 Å². The molecule has 1 aromatic carbocycles. The first kappa shape index (κ1) is 15.2. The molecule has 0 saturated heterocycles. The van der Waals surface area contributed by atoms with Crippen LogP contribution in [0, 0.1) is 13.8 Å². The van der Waals surface area contributed by atoms with E-state index in [-0.39, 0.29) is 5.54 Å². The predicted molar refractivity (Wildman–Crippen MR) is 80.1 cm³/mol. The van der Waals surface area contributed by atoms with E-state index < -0.39 is 0 Å². The van der Waals surface area contributed by atoms with Gasteiger partial charge in [-0.05, 0) is 59.5 Å². The summed E-state index contributed by atoms with van der Waals surface area (Å²) in [7, 11) is 4.30. The molecule has 1 unspecified atom stereocenters. The van der Waals surface area contributed by atoms with Gasteiger partial charge in [0, 0.05) is 5.54 Å². The molecule has 102 valence electrons. The fourth-order valence-corrected chi connectivity index (χ4v) is 2.27. The summed E-state index contributed by atoms with van der Waals surface area (Å²) < 4.78 is 0. The number of aryl methyl sites for hydroxylation is 2. The van der Waals surface area contributed by atoms with Crippen LogP contribution in [-0.4, -0.2) is 31.1 Å². The summed E-state index contributed by atoms with van der Waals surface area (Å²) in [5.41, 5.74) is 4.18. The molecule has 18 heavy (non-hydrogen) atoms. The summed E-state index contributed by atoms with van der Waals surface area (Å²) in [4.78, 5) is 2.29. The lowest BCUT2D eigenvalue weighted by Crippen LogP contribution is -2.49. The summed E-state index contributed by atoms with van der Waals surface area (Å²) in [5.74, 6) is 0. The van der Waals surface area contributed by atoms with Gasteiger partial charge in [-0.25, -0.2) is 0 Å². The number of nitrogens with zero attached hydrogens (tertiary/aromatic N) is 1. The average molecular weight is 248 g/mol. The van der Waals surface area contributed by atoms with Crippen molar-refractivity contribution in [3.63, 3.8) is 0 Å². The molecule has 1 N–H and O–H groups in total. The van der Waals surface area contributed by atoms with Crippen molar-refractivity contribution in [3.05, 3.63) is 34.9 Å². The van der Waals surface area contributed by atoms with Crippen LogP contribution in [0.3, 0.4) is 0 Å². The lowest BCUT2D eigenvalue weighted by atomic mass is 9.84. The molecule has 2 heteroatoms. The third kappa shape index (κ3) is 3.12. The van der Waals surface area contributed by atoms with Crippen molar-refractivity contribution in [1.82, 2.24) is 10.2 Å². The largest absolute Gasteiger partial charge is 0.309 e. The molecular weight excluding hydrogens is 220 g/mol. The summed E-state index contributed by atoms with van der Waals surface area (Å²) in [6.07, 6.45) is 0. The first-order chi connectivity index (χ1) is 8.30. The summed E-state index contributed by atoms with van der Waals surface area (Å²) in [6.45, 7) is 12.1. The van der Waals surface area contributed by atoms with Crippen molar-refractivity contribution in [3.8, 4) is 0 Å². The number of nitrogens with one attached hydrogen (secondary N) is 1. The zero-order valence-electron chi connectivity index (χ0n) is 13.0. The highest BCUT2D eigenvalue weighted by Crippen LogP contribution is 2.31. The Kier molecular flexibility index (Phi) is 4.94. The maximum absolute atomic E-state index is 3.65. The summed E-state index contributed by atoms with van der Waals surface area (Å²) in [5, 5.41) is 3.65. The van der Waals surface area contributed by atoms with Crippen LogP contribution in [0.5, 0.6) is 0 Å². The highest BCUT2D eigenvalue weighted by atomic mass is 15.2. The number of hydrogen-bond acceptors (Lipinski definition) is 2. The van der Waals surface area contributed by atoms with Gasteiger partial charge in [-0.2, -0.15) is 0 Å². The Balaban J connectivity index is 3.23. The molecular formula is C16H28N2. The van der Waals surface area contributed by atoms with Gasteiger partial charge < -0.3 is 10.2 Å². The van der Waals surface area contributed by atoms with Gasteiger partial charge >= 0.3 is 0 Å². The average Bonchev–Trinajstić information content (AvgIpc) is 2.29. The van der Waals surface area contributed by atoms with Crippen LogP contribution >= 0.6 is 0 Å². The molecule has 0 radical (unpaired) electrons. The summed E-state index contributed by atoms with van der Waals surface area (Å²) in [6, 6.07) is 7.07. The first-order valence-electron chi connectivity index (χ1n) is 6.78. The van der Waals surface area contributed by atoms with E-state index in [0.717, 1.165) is 6.54 Å². The maximum atomic E-state index is 3.65. The van der Waals surface area contributed by atoms with Crippen molar-refractivity contribution >= 4 is 0 Å². The van der Waals surface area contributed by atoms with Crippen LogP contribution in [-0.2, 0) is 0 Å². The van der Waals surface area contributed by atoms with E-state index in [9.17, 15) is 0 Å². The fraction of sp³-hybridized carbons (Fsp3) is 0.625. The van der Waals surface area contributed by atoms with Crippen molar-refractivity contribution in [2.45, 2.75) is 46.2 Å². The van der Waals surface area contributed by atoms with Crippen LogP contribution < -0.4 is 5.32 Å². The van der Waals surface area contributed by atoms with E-state index >= 15 is 0 Å². The Morgan fingerprint density at radius 3 is 2.33 bits per heavy atom. The van der Waals surface area contributed by atoms with Gasteiger partial charge in [0.2, 0.25) is 0 Å². The Bertz CT molecular complexity index is 394. The van der Waals surface area contributed by atoms with Crippen molar-refractivity contribution in [2.75, 3.05) is 20.6 Å². The monoisotopic (exact) mass is 248 g/mol. The SMILES string of the molecule is CCNC(c1cc(C)ccc1C)C(C)(C)N(C)C. The van der Waals surface area contributed by atoms with Gasteiger partial charge in [0.05, 0.1) is 6.04 Å². The molecule has 2 nitrogen and oxygen atoms in total. The maximum Gasteiger partial charge on any atom is 0.0504 e. The molecule has 1 atom stereocenters. The molecule has 0 bridgehead atoms. The fourth-order valence-electron chi connectivity index (χ4n) is 2.27. The van der Waals surface area contributed by atoms with E-state index in [0.29, 0.717) is 6.04 Å². The van der Waals surface area contributed by atoms with Gasteiger partial charge in [-0.15, -0.1) is 0 Å². The highest BCUT2D eigenvalue weighted by Gasteiger charge is 2.33. The second kappa shape index (κ2) is 5.85. The molecule has 0 spiro atoms. The Morgan fingerprint density at radius 2 is 1.83 bits per heavy atom. The molecule has 0 saturated carbocycles. The molecule has 0 amide bonds. The number of likely N-dealkylation sites (N-methyl/N-ethyl adjacent to an activating group) is 2. The second-order valence-corrected chi connectivity index (χ2v) is 5.90. The third-order valence-corrected chi connectivity index (χ3v) is 4.01. The summed E-state index contributed by atoms with van der Waals surface area (Å²) >= 11 is 0. The van der Waals surface area contributed by atoms with Gasteiger partial charge in [-0.1, -0.05) is 30.7 Å². The molecule has 0 aliphatic heterocycles. The topological polar surface area (TPSA) is 15.3 Å². The third-order valence-electron chi connectivity index (χ3n) is 4.01. The van der Waals surface area contributed by atoms with E-state index in [1.165, 1.54) is 16.7 Å². The quantitative estimate of drug-likeness (QED) is 0.860. The lowest BCUT2D eigenvalue weighted by Gasteiger charge is -2.41. The zero-order valence-corrected chi connectivity index (χ0v) is 13.0. The molecule has 0 fully saturated rings. The molecule has 1 aromatic rings. The molecule has 0 heterocycles. The van der Waals surface area contributed by atoms with Gasteiger partial charge in [0.25, 0.3) is 0 Å². The van der Waals surface area contributed by atoms with Gasteiger partial charge in [-0.3, -0.25) is 0 Å². The second-order valence-electron chi connectivity index (χ2n) is 5.90. The number of hydrogen-bond donors (Lipinski definition) is 1. The lowest BCUT2D eigenvalue weighted by molar-refractivity contribution is 0.138. The highest BCUT2D eigenvalue weighted by molar-refractivity contribution is 5.35. The van der Waals surface area contributed by atoms with E-state index in [2.05, 4.69) is 77.1 Å². The minimum Gasteiger partial charge on any atom is -0.309 e. The molecule has 0 aromatic heterocycles. The van der Waals surface area contributed by atoms with Crippen LogP contribution in [0.15, 0.2) is 18.2 Å². The van der Waals surface area contributed by atoms with Gasteiger partial charge in [0.15, 0.2) is 0 Å². The van der Waals surface area contributed by atoms with E-state index in [4.69, 9.17) is 0 Å². The molecule has 0 aliphatic carbocycles. The Labute approximate surface area is 112 Å². The Hall–Kier alpha value is -0.860. The predicted octanol–water partition coefficient (Wildman–Crippen LogP) is 3.29. The van der Waals surface area contributed by atoms with E-state index in [1.54, 1.807) is 0 Å². The Morgan fingerprint density at radius 1 is 1.22 bits per heavy atom. The standard InChI is InChI=1S/C16H28N2/c1-8-17-15(16(4,5)18(6)7)14-11-12(2)9-10-13(14)3/h9-11,15,17H,8H2,1-7H3. The van der Waals surface area contributed by atoms with Crippen molar-refractivity contribution < 1.29 is 0 Å². The first-order valence-corrected chi connectivity index (χ1v) is 6.78. The zero-order chi connectivity index (χ0) is 13.9. The minimum atomic E-state index is 0.0779. The van der Waals surface area contributed by atoms with E-state index in [1.807, 2.05) is 0 Å². The van der Waals surface area contributed by atoms with Gasteiger partial charge in [0.1, 0.15) is 0 Å². The van der Waals surface area contributed by atoms with Crippen molar-refractivity contribution in [1.29, 1.82) is 0 Å². The number of rotatable bonds is 5. The van der Waals surface area contributed by atoms with Crippen LogP contribution in [0.2, 0.25) is 0 Å². The number of benzene rings is 1. The molecule has 1 rings (SSSR count). The van der Waals surface area contributed by atoms with Crippen molar-refractivity contribution in [2.24, 2.45) is 0 Å². The van der Waals surface area contributed by atoms with Crippen LogP contribution in [0.4, 0.5) is 0 Å². The minimum absolute atomic E-state index is 0.0779.